The topological polar surface area (TPSA) is 85.2 Å². The summed E-state index contributed by atoms with van der Waals surface area (Å²) >= 11 is 0. The van der Waals surface area contributed by atoms with Gasteiger partial charge < -0.3 is 4.57 Å². The first-order chi connectivity index (χ1) is 25.8. The average Bonchev–Trinajstić information content (AvgIpc) is 3.74. The number of fused-ring (bicyclic) bond motifs is 7. The summed E-state index contributed by atoms with van der Waals surface area (Å²) in [6.07, 6.45) is 1.85. The Morgan fingerprint density at radius 2 is 1.13 bits per heavy atom. The minimum Gasteiger partial charge on any atom is -0.309 e. The predicted octanol–water partition coefficient (Wildman–Crippen LogP) is 10.3. The van der Waals surface area contributed by atoms with Crippen LogP contribution in [0.15, 0.2) is 164 Å². The molecule has 0 amide bonds. The predicted molar refractivity (Wildman–Crippen MR) is 207 cm³/mol. The maximum absolute atomic E-state index is 9.44. The van der Waals surface area contributed by atoms with Gasteiger partial charge >= 0.3 is 0 Å². The molecule has 242 valence electrons. The van der Waals surface area contributed by atoms with Crippen LogP contribution in [0.3, 0.4) is 0 Å². The maximum atomic E-state index is 9.44. The van der Waals surface area contributed by atoms with Gasteiger partial charge in [-0.2, -0.15) is 5.26 Å². The number of nitriles is 1. The number of nitrogens with zero attached hydrogens (tertiary/aromatic N) is 7. The number of pyridine rings is 1. The van der Waals surface area contributed by atoms with Crippen molar-refractivity contribution in [2.24, 2.45) is 0 Å². The largest absolute Gasteiger partial charge is 0.309 e. The van der Waals surface area contributed by atoms with Gasteiger partial charge in [-0.05, 0) is 72.8 Å². The molecule has 4 aromatic heterocycles. The molecule has 0 bridgehead atoms. The molecule has 10 aromatic rings. The van der Waals surface area contributed by atoms with E-state index in [9.17, 15) is 5.26 Å². The van der Waals surface area contributed by atoms with E-state index in [0.29, 0.717) is 23.0 Å². The van der Waals surface area contributed by atoms with Crippen molar-refractivity contribution in [1.82, 2.24) is 29.1 Å². The molecule has 52 heavy (non-hydrogen) atoms. The van der Waals surface area contributed by atoms with E-state index in [1.165, 1.54) is 0 Å². The third kappa shape index (κ3) is 4.59. The van der Waals surface area contributed by atoms with Gasteiger partial charge in [-0.15, -0.1) is 0 Å². The molecule has 0 saturated carbocycles. The molecule has 0 radical (unpaired) electrons. The van der Waals surface area contributed by atoms with Crippen LogP contribution in [-0.4, -0.2) is 29.1 Å². The van der Waals surface area contributed by atoms with E-state index in [1.54, 1.807) is 12.1 Å². The molecule has 0 aliphatic carbocycles. The van der Waals surface area contributed by atoms with Crippen LogP contribution in [-0.2, 0) is 0 Å². The highest BCUT2D eigenvalue weighted by molar-refractivity contribution is 6.26. The average molecular weight is 666 g/mol. The molecule has 0 atom stereocenters. The van der Waals surface area contributed by atoms with Gasteiger partial charge in [-0.1, -0.05) is 84.9 Å². The fourth-order valence-corrected chi connectivity index (χ4v) is 7.37. The van der Waals surface area contributed by atoms with Crippen molar-refractivity contribution in [3.8, 4) is 51.6 Å². The van der Waals surface area contributed by atoms with Crippen molar-refractivity contribution in [2.45, 2.75) is 0 Å². The van der Waals surface area contributed by atoms with Crippen LogP contribution in [0.4, 0.5) is 0 Å². The highest BCUT2D eigenvalue weighted by Crippen LogP contribution is 2.42. The Morgan fingerprint density at radius 1 is 0.481 bits per heavy atom. The fourth-order valence-electron chi connectivity index (χ4n) is 7.37. The molecule has 10 rings (SSSR count). The van der Waals surface area contributed by atoms with E-state index in [0.717, 1.165) is 71.8 Å². The lowest BCUT2D eigenvalue weighted by atomic mass is 10.1. The van der Waals surface area contributed by atoms with Crippen molar-refractivity contribution in [2.75, 3.05) is 0 Å². The second-order valence-corrected chi connectivity index (χ2v) is 12.6. The first kappa shape index (κ1) is 29.5. The normalized spacial score (nSPS) is 11.4. The molecule has 7 heteroatoms. The molecule has 0 saturated heterocycles. The van der Waals surface area contributed by atoms with Crippen molar-refractivity contribution in [1.29, 1.82) is 5.26 Å². The zero-order valence-corrected chi connectivity index (χ0v) is 27.7. The van der Waals surface area contributed by atoms with Crippen molar-refractivity contribution in [3.63, 3.8) is 0 Å². The summed E-state index contributed by atoms with van der Waals surface area (Å²) in [6, 6.07) is 55.5. The van der Waals surface area contributed by atoms with Crippen LogP contribution in [0.5, 0.6) is 0 Å². The van der Waals surface area contributed by atoms with Gasteiger partial charge in [-0.25, -0.2) is 19.9 Å². The van der Waals surface area contributed by atoms with Crippen LogP contribution >= 0.6 is 0 Å². The summed E-state index contributed by atoms with van der Waals surface area (Å²) in [4.78, 5) is 20.1. The molecule has 0 unspecified atom stereocenters. The number of hydrogen-bond acceptors (Lipinski definition) is 5. The van der Waals surface area contributed by atoms with Gasteiger partial charge in [0, 0.05) is 50.1 Å². The molecule has 7 nitrogen and oxygen atoms in total. The number of benzene rings is 6. The molecule has 0 aliphatic heterocycles. The Bertz CT molecular complexity index is 3010. The summed E-state index contributed by atoms with van der Waals surface area (Å²) in [7, 11) is 0. The van der Waals surface area contributed by atoms with Crippen LogP contribution in [0.1, 0.15) is 5.56 Å². The Balaban J connectivity index is 1.30. The summed E-state index contributed by atoms with van der Waals surface area (Å²) in [5.74, 6) is 1.62. The first-order valence-electron chi connectivity index (χ1n) is 17.1. The van der Waals surface area contributed by atoms with E-state index in [4.69, 9.17) is 19.9 Å². The molecular formula is C45H27N7. The molecule has 0 fully saturated rings. The van der Waals surface area contributed by atoms with Crippen LogP contribution < -0.4 is 0 Å². The lowest BCUT2D eigenvalue weighted by Gasteiger charge is -2.14. The van der Waals surface area contributed by atoms with Gasteiger partial charge in [0.25, 0.3) is 0 Å². The summed E-state index contributed by atoms with van der Waals surface area (Å²) in [6.45, 7) is 0. The van der Waals surface area contributed by atoms with Crippen LogP contribution in [0.25, 0.3) is 89.3 Å². The third-order valence-corrected chi connectivity index (χ3v) is 9.66. The van der Waals surface area contributed by atoms with Crippen molar-refractivity contribution in [3.05, 3.63) is 169 Å². The lowest BCUT2D eigenvalue weighted by molar-refractivity contribution is 1.06. The van der Waals surface area contributed by atoms with Gasteiger partial charge in [-0.3, -0.25) is 4.57 Å². The minimum absolute atomic E-state index is 0.525. The Morgan fingerprint density at radius 3 is 1.92 bits per heavy atom. The number of aromatic nitrogens is 6. The van der Waals surface area contributed by atoms with Gasteiger partial charge in [0.05, 0.1) is 33.9 Å². The molecule has 6 aromatic carbocycles. The smallest absolute Gasteiger partial charge is 0.166 e. The summed E-state index contributed by atoms with van der Waals surface area (Å²) in [5.41, 5.74) is 9.24. The third-order valence-electron chi connectivity index (χ3n) is 9.66. The van der Waals surface area contributed by atoms with E-state index >= 15 is 0 Å². The first-order valence-corrected chi connectivity index (χ1v) is 17.1. The minimum atomic E-state index is 0.525. The second kappa shape index (κ2) is 11.9. The van der Waals surface area contributed by atoms with E-state index in [-0.39, 0.29) is 0 Å². The molecular weight excluding hydrogens is 639 g/mol. The van der Waals surface area contributed by atoms with Crippen molar-refractivity contribution < 1.29 is 0 Å². The second-order valence-electron chi connectivity index (χ2n) is 12.6. The fraction of sp³-hybridized carbons (Fsp3) is 0. The Kier molecular flexibility index (Phi) is 6.73. The van der Waals surface area contributed by atoms with E-state index in [1.807, 2.05) is 72.9 Å². The number of rotatable bonds is 5. The number of hydrogen-bond donors (Lipinski definition) is 0. The summed E-state index contributed by atoms with van der Waals surface area (Å²) < 4.78 is 4.62. The molecule has 0 spiro atoms. The molecule has 4 heterocycles. The monoisotopic (exact) mass is 665 g/mol. The maximum Gasteiger partial charge on any atom is 0.166 e. The molecule has 0 N–H and O–H groups in total. The van der Waals surface area contributed by atoms with Crippen LogP contribution in [0, 0.1) is 11.3 Å². The van der Waals surface area contributed by atoms with Crippen molar-refractivity contribution >= 4 is 43.7 Å². The zero-order chi connectivity index (χ0) is 34.6. The Labute approximate surface area is 298 Å². The van der Waals surface area contributed by atoms with Gasteiger partial charge in [0.1, 0.15) is 5.65 Å². The van der Waals surface area contributed by atoms with E-state index < -0.39 is 0 Å². The van der Waals surface area contributed by atoms with E-state index in [2.05, 4.69) is 94.1 Å². The highest BCUT2D eigenvalue weighted by atomic mass is 15.1. The number of para-hydroxylation sites is 3. The van der Waals surface area contributed by atoms with Gasteiger partial charge in [0.15, 0.2) is 17.5 Å². The van der Waals surface area contributed by atoms with Crippen LogP contribution in [0.2, 0.25) is 0 Å². The zero-order valence-electron chi connectivity index (χ0n) is 27.7. The quantitative estimate of drug-likeness (QED) is 0.183. The lowest BCUT2D eigenvalue weighted by Crippen LogP contribution is -2.04. The standard InChI is InChI=1S/C45H27N7/c46-28-29-21-23-31(24-22-29)43-48-42(30-12-3-1-4-13-30)49-44(50-43)36-17-8-10-20-38(36)52-41-33(34-18-11-27-47-45(34)52)25-26-39-40(41)35-16-7-9-19-37(35)51(39)32-14-5-2-6-15-32/h1-27H. The Hall–Kier alpha value is -7.43. The van der Waals surface area contributed by atoms with Gasteiger partial charge in [0.2, 0.25) is 0 Å². The SMILES string of the molecule is N#Cc1ccc(-c2nc(-c3ccccc3)nc(-c3ccccc3-n3c4ncccc4c4ccc5c(c6ccccc6n5-c5ccccc5)c43)n2)cc1. The highest BCUT2D eigenvalue weighted by Gasteiger charge is 2.23. The molecule has 0 aliphatic rings. The summed E-state index contributed by atoms with van der Waals surface area (Å²) in [5, 5.41) is 13.9.